The monoisotopic (exact) mass is 293 g/mol. The molecule has 0 unspecified atom stereocenters. The van der Waals surface area contributed by atoms with Crippen molar-refractivity contribution in [3.05, 3.63) is 65.4 Å². The van der Waals surface area contributed by atoms with Crippen molar-refractivity contribution in [3.8, 4) is 0 Å². The number of para-hydroxylation sites is 1. The number of aromatic amines is 1. The first-order chi connectivity index (χ1) is 10.6. The van der Waals surface area contributed by atoms with E-state index in [2.05, 4.69) is 29.4 Å². The van der Waals surface area contributed by atoms with Crippen molar-refractivity contribution in [2.45, 2.75) is 13.3 Å². The number of H-pyrrole nitrogens is 1. The van der Waals surface area contributed by atoms with Crippen molar-refractivity contribution in [3.63, 3.8) is 0 Å². The minimum atomic E-state index is -0.0718. The van der Waals surface area contributed by atoms with Gasteiger partial charge < -0.3 is 16.0 Å². The van der Waals surface area contributed by atoms with E-state index in [-0.39, 0.29) is 5.91 Å². The smallest absolute Gasteiger partial charge is 0.251 e. The number of hydrogen-bond acceptors (Lipinski definition) is 2. The van der Waals surface area contributed by atoms with Gasteiger partial charge in [0.25, 0.3) is 5.91 Å². The predicted octanol–water partition coefficient (Wildman–Crippen LogP) is 3.03. The molecule has 4 N–H and O–H groups in total. The van der Waals surface area contributed by atoms with Gasteiger partial charge in [0, 0.05) is 34.4 Å². The van der Waals surface area contributed by atoms with Gasteiger partial charge in [0.1, 0.15) is 0 Å². The number of benzene rings is 2. The number of nitrogen functional groups attached to an aromatic ring is 1. The van der Waals surface area contributed by atoms with E-state index in [1.165, 1.54) is 10.9 Å². The van der Waals surface area contributed by atoms with E-state index >= 15 is 0 Å². The second kappa shape index (κ2) is 5.93. The second-order valence-electron chi connectivity index (χ2n) is 5.40. The average Bonchev–Trinajstić information content (AvgIpc) is 2.84. The van der Waals surface area contributed by atoms with E-state index in [0.717, 1.165) is 17.6 Å². The first-order valence-corrected chi connectivity index (χ1v) is 7.35. The number of hydrogen-bond donors (Lipinski definition) is 3. The van der Waals surface area contributed by atoms with Gasteiger partial charge in [-0.25, -0.2) is 0 Å². The maximum atomic E-state index is 12.1. The van der Waals surface area contributed by atoms with Crippen LogP contribution in [0, 0.1) is 6.92 Å². The van der Waals surface area contributed by atoms with Crippen LogP contribution in [-0.4, -0.2) is 17.4 Å². The fourth-order valence-corrected chi connectivity index (χ4v) is 2.69. The highest BCUT2D eigenvalue weighted by Crippen LogP contribution is 2.21. The molecule has 0 saturated carbocycles. The SMILES string of the molecule is Cc1[nH]c2ccccc2c1CCNC(=O)c1ccc(N)cc1. The minimum absolute atomic E-state index is 0.0718. The van der Waals surface area contributed by atoms with Crippen molar-refractivity contribution in [2.75, 3.05) is 12.3 Å². The molecule has 0 saturated heterocycles. The van der Waals surface area contributed by atoms with Gasteiger partial charge in [-0.1, -0.05) is 18.2 Å². The van der Waals surface area contributed by atoms with Gasteiger partial charge in [-0.15, -0.1) is 0 Å². The lowest BCUT2D eigenvalue weighted by Gasteiger charge is -2.06. The first kappa shape index (κ1) is 14.2. The Balaban J connectivity index is 1.66. The van der Waals surface area contributed by atoms with Crippen LogP contribution in [0.3, 0.4) is 0 Å². The topological polar surface area (TPSA) is 70.9 Å². The second-order valence-corrected chi connectivity index (χ2v) is 5.40. The van der Waals surface area contributed by atoms with Crippen LogP contribution in [0.1, 0.15) is 21.6 Å². The number of aromatic nitrogens is 1. The Kier molecular flexibility index (Phi) is 3.83. The molecule has 2 aromatic carbocycles. The summed E-state index contributed by atoms with van der Waals surface area (Å²) in [7, 11) is 0. The van der Waals surface area contributed by atoms with Crippen LogP contribution in [0.4, 0.5) is 5.69 Å². The summed E-state index contributed by atoms with van der Waals surface area (Å²) in [6, 6.07) is 15.2. The first-order valence-electron chi connectivity index (χ1n) is 7.35. The quantitative estimate of drug-likeness (QED) is 0.647. The number of carbonyl (C=O) groups is 1. The van der Waals surface area contributed by atoms with Gasteiger partial charge in [-0.2, -0.15) is 0 Å². The molecule has 0 aliphatic carbocycles. The maximum absolute atomic E-state index is 12.1. The molecule has 1 heterocycles. The number of nitrogens with two attached hydrogens (primary N) is 1. The lowest BCUT2D eigenvalue weighted by atomic mass is 10.1. The number of rotatable bonds is 4. The van der Waals surface area contributed by atoms with Crippen LogP contribution in [-0.2, 0) is 6.42 Å². The molecule has 4 heteroatoms. The molecule has 3 aromatic rings. The molecule has 0 aliphatic heterocycles. The summed E-state index contributed by atoms with van der Waals surface area (Å²) in [5.74, 6) is -0.0718. The molecular formula is C18H19N3O. The maximum Gasteiger partial charge on any atom is 0.251 e. The molecule has 1 aromatic heterocycles. The number of fused-ring (bicyclic) bond motifs is 1. The lowest BCUT2D eigenvalue weighted by Crippen LogP contribution is -2.25. The van der Waals surface area contributed by atoms with Crippen LogP contribution in [0.5, 0.6) is 0 Å². The minimum Gasteiger partial charge on any atom is -0.399 e. The molecule has 1 amide bonds. The Bertz CT molecular complexity index is 803. The van der Waals surface area contributed by atoms with Gasteiger partial charge in [-0.05, 0) is 49.2 Å². The average molecular weight is 293 g/mol. The Morgan fingerprint density at radius 2 is 1.86 bits per heavy atom. The summed E-state index contributed by atoms with van der Waals surface area (Å²) in [5, 5.41) is 4.18. The van der Waals surface area contributed by atoms with E-state index < -0.39 is 0 Å². The van der Waals surface area contributed by atoms with Crippen molar-refractivity contribution < 1.29 is 4.79 Å². The highest BCUT2D eigenvalue weighted by molar-refractivity contribution is 5.94. The standard InChI is InChI=1S/C18H19N3O/c1-12-15(16-4-2-3-5-17(16)21-12)10-11-20-18(22)13-6-8-14(19)9-7-13/h2-9,21H,10-11,19H2,1H3,(H,20,22). The fraction of sp³-hybridized carbons (Fsp3) is 0.167. The number of anilines is 1. The molecule has 0 radical (unpaired) electrons. The molecule has 0 spiro atoms. The predicted molar refractivity (Wildman–Crippen MR) is 89.9 cm³/mol. The molecule has 0 fully saturated rings. The highest BCUT2D eigenvalue weighted by Gasteiger charge is 2.09. The van der Waals surface area contributed by atoms with E-state index in [4.69, 9.17) is 5.73 Å². The zero-order valence-electron chi connectivity index (χ0n) is 12.5. The number of carbonyl (C=O) groups excluding carboxylic acids is 1. The van der Waals surface area contributed by atoms with Crippen molar-refractivity contribution in [1.82, 2.24) is 10.3 Å². The molecule has 0 atom stereocenters. The zero-order chi connectivity index (χ0) is 15.5. The molecule has 4 nitrogen and oxygen atoms in total. The highest BCUT2D eigenvalue weighted by atomic mass is 16.1. The van der Waals surface area contributed by atoms with Crippen LogP contribution in [0.15, 0.2) is 48.5 Å². The van der Waals surface area contributed by atoms with Crippen LogP contribution in [0.25, 0.3) is 10.9 Å². The van der Waals surface area contributed by atoms with Gasteiger partial charge in [0.05, 0.1) is 0 Å². The van der Waals surface area contributed by atoms with Gasteiger partial charge in [-0.3, -0.25) is 4.79 Å². The van der Waals surface area contributed by atoms with Gasteiger partial charge in [0.2, 0.25) is 0 Å². The summed E-state index contributed by atoms with van der Waals surface area (Å²) < 4.78 is 0. The summed E-state index contributed by atoms with van der Waals surface area (Å²) in [4.78, 5) is 15.4. The third kappa shape index (κ3) is 2.81. The molecule has 112 valence electrons. The third-order valence-corrected chi connectivity index (χ3v) is 3.86. The fourth-order valence-electron chi connectivity index (χ4n) is 2.69. The van der Waals surface area contributed by atoms with Crippen LogP contribution < -0.4 is 11.1 Å². The van der Waals surface area contributed by atoms with Crippen molar-refractivity contribution in [2.24, 2.45) is 0 Å². The number of nitrogens with one attached hydrogen (secondary N) is 2. The Hall–Kier alpha value is -2.75. The third-order valence-electron chi connectivity index (χ3n) is 3.86. The molecule has 0 bridgehead atoms. The molecule has 3 rings (SSSR count). The van der Waals surface area contributed by atoms with E-state index in [1.54, 1.807) is 24.3 Å². The Labute approximate surface area is 129 Å². The lowest BCUT2D eigenvalue weighted by molar-refractivity contribution is 0.0954. The van der Waals surface area contributed by atoms with E-state index in [1.807, 2.05) is 12.1 Å². The van der Waals surface area contributed by atoms with Crippen LogP contribution in [0.2, 0.25) is 0 Å². The molecule has 0 aliphatic rings. The number of aryl methyl sites for hydroxylation is 1. The van der Waals surface area contributed by atoms with Gasteiger partial charge in [0.15, 0.2) is 0 Å². The van der Waals surface area contributed by atoms with Crippen LogP contribution >= 0.6 is 0 Å². The largest absolute Gasteiger partial charge is 0.399 e. The van der Waals surface area contributed by atoms with Crippen molar-refractivity contribution in [1.29, 1.82) is 0 Å². The zero-order valence-corrected chi connectivity index (χ0v) is 12.5. The normalized spacial score (nSPS) is 10.8. The van der Waals surface area contributed by atoms with Crippen molar-refractivity contribution >= 4 is 22.5 Å². The molecule has 22 heavy (non-hydrogen) atoms. The molecular weight excluding hydrogens is 274 g/mol. The van der Waals surface area contributed by atoms with E-state index in [0.29, 0.717) is 17.8 Å². The summed E-state index contributed by atoms with van der Waals surface area (Å²) in [6.45, 7) is 2.67. The summed E-state index contributed by atoms with van der Waals surface area (Å²) >= 11 is 0. The number of amides is 1. The Morgan fingerprint density at radius 1 is 1.14 bits per heavy atom. The summed E-state index contributed by atoms with van der Waals surface area (Å²) in [5.41, 5.74) is 10.5. The van der Waals surface area contributed by atoms with E-state index in [9.17, 15) is 4.79 Å². The Morgan fingerprint density at radius 3 is 2.64 bits per heavy atom. The van der Waals surface area contributed by atoms with Gasteiger partial charge >= 0.3 is 0 Å². The summed E-state index contributed by atoms with van der Waals surface area (Å²) in [6.07, 6.45) is 0.802.